The maximum atomic E-state index is 14.2. The lowest BCUT2D eigenvalue weighted by molar-refractivity contribution is -0.140. The molecule has 0 radical (unpaired) electrons. The number of carbonyl (C=O) groups is 1. The Morgan fingerprint density at radius 1 is 0.926 bits per heavy atom. The standard InChI is InChI=1S/C20H14F4N2O/c21-18-15(9-6-10-16(18)20(22,23)24)19(27)25-17-11-4-5-12-26(17)13-14-7-2-1-3-8-14/h1-12H,13H2/b25-17+. The molecular weight excluding hydrogens is 360 g/mol. The molecule has 0 saturated heterocycles. The molecular formula is C20H14F4N2O. The minimum atomic E-state index is -4.89. The van der Waals surface area contributed by atoms with Gasteiger partial charge in [0.25, 0.3) is 5.91 Å². The lowest BCUT2D eigenvalue weighted by Gasteiger charge is -2.10. The van der Waals surface area contributed by atoms with Crippen LogP contribution in [0.4, 0.5) is 17.6 Å². The molecule has 0 bridgehead atoms. The van der Waals surface area contributed by atoms with Crippen molar-refractivity contribution in [2.45, 2.75) is 12.7 Å². The van der Waals surface area contributed by atoms with Crippen LogP contribution in [0.1, 0.15) is 21.5 Å². The SMILES string of the molecule is O=C(/N=c1\ccccn1Cc1ccccc1)c1cccc(C(F)(F)F)c1F. The summed E-state index contributed by atoms with van der Waals surface area (Å²) in [4.78, 5) is 16.2. The van der Waals surface area contributed by atoms with E-state index in [2.05, 4.69) is 4.99 Å². The van der Waals surface area contributed by atoms with E-state index in [9.17, 15) is 22.4 Å². The van der Waals surface area contributed by atoms with Gasteiger partial charge in [-0.2, -0.15) is 18.2 Å². The molecule has 7 heteroatoms. The van der Waals surface area contributed by atoms with Crippen LogP contribution in [0.25, 0.3) is 0 Å². The van der Waals surface area contributed by atoms with Gasteiger partial charge in [0.1, 0.15) is 11.3 Å². The molecule has 0 spiro atoms. The maximum absolute atomic E-state index is 14.2. The van der Waals surface area contributed by atoms with Gasteiger partial charge < -0.3 is 4.57 Å². The Hall–Kier alpha value is -3.22. The molecule has 2 aromatic carbocycles. The number of halogens is 4. The zero-order valence-corrected chi connectivity index (χ0v) is 13.9. The highest BCUT2D eigenvalue weighted by Crippen LogP contribution is 2.32. The van der Waals surface area contributed by atoms with Crippen LogP contribution in [0.2, 0.25) is 0 Å². The van der Waals surface area contributed by atoms with Crippen molar-refractivity contribution in [3.63, 3.8) is 0 Å². The van der Waals surface area contributed by atoms with Crippen LogP contribution in [-0.2, 0) is 12.7 Å². The topological polar surface area (TPSA) is 34.4 Å². The van der Waals surface area contributed by atoms with E-state index in [1.54, 1.807) is 22.9 Å². The summed E-state index contributed by atoms with van der Waals surface area (Å²) < 4.78 is 54.3. The van der Waals surface area contributed by atoms with Crippen molar-refractivity contribution in [1.29, 1.82) is 0 Å². The zero-order valence-electron chi connectivity index (χ0n) is 13.9. The Kier molecular flexibility index (Phi) is 5.21. The second-order valence-electron chi connectivity index (χ2n) is 5.75. The van der Waals surface area contributed by atoms with Crippen molar-refractivity contribution in [1.82, 2.24) is 4.57 Å². The van der Waals surface area contributed by atoms with Crippen molar-refractivity contribution < 1.29 is 22.4 Å². The Balaban J connectivity index is 2.00. The molecule has 0 fully saturated rings. The molecule has 27 heavy (non-hydrogen) atoms. The highest BCUT2D eigenvalue weighted by molar-refractivity contribution is 5.95. The summed E-state index contributed by atoms with van der Waals surface area (Å²) in [7, 11) is 0. The summed E-state index contributed by atoms with van der Waals surface area (Å²) in [5.74, 6) is -2.70. The van der Waals surface area contributed by atoms with E-state index in [1.165, 1.54) is 6.07 Å². The van der Waals surface area contributed by atoms with Crippen molar-refractivity contribution in [2.75, 3.05) is 0 Å². The number of alkyl halides is 3. The van der Waals surface area contributed by atoms with Gasteiger partial charge >= 0.3 is 6.18 Å². The molecule has 0 saturated carbocycles. The van der Waals surface area contributed by atoms with Crippen molar-refractivity contribution in [2.24, 2.45) is 4.99 Å². The number of carbonyl (C=O) groups excluding carboxylic acids is 1. The molecule has 1 aromatic heterocycles. The van der Waals surface area contributed by atoms with Crippen molar-refractivity contribution >= 4 is 5.91 Å². The normalized spacial score (nSPS) is 12.2. The molecule has 0 aliphatic heterocycles. The van der Waals surface area contributed by atoms with Gasteiger partial charge in [-0.3, -0.25) is 4.79 Å². The highest BCUT2D eigenvalue weighted by atomic mass is 19.4. The van der Waals surface area contributed by atoms with Crippen molar-refractivity contribution in [3.05, 3.63) is 101 Å². The van der Waals surface area contributed by atoms with Crippen LogP contribution in [-0.4, -0.2) is 10.5 Å². The Bertz CT molecular complexity index is 1020. The fraction of sp³-hybridized carbons (Fsp3) is 0.100. The summed E-state index contributed by atoms with van der Waals surface area (Å²) in [6, 6.07) is 16.8. The van der Waals surface area contributed by atoms with E-state index < -0.39 is 29.0 Å². The summed E-state index contributed by atoms with van der Waals surface area (Å²) in [5.41, 5.74) is -1.06. The van der Waals surface area contributed by atoms with Gasteiger partial charge in [-0.25, -0.2) is 4.39 Å². The smallest absolute Gasteiger partial charge is 0.328 e. The first-order valence-electron chi connectivity index (χ1n) is 8.00. The lowest BCUT2D eigenvalue weighted by atomic mass is 10.1. The van der Waals surface area contributed by atoms with Gasteiger partial charge in [0.2, 0.25) is 0 Å². The predicted octanol–water partition coefficient (Wildman–Crippen LogP) is 4.44. The molecule has 1 amide bonds. The van der Waals surface area contributed by atoms with Crippen LogP contribution in [0.15, 0.2) is 77.9 Å². The highest BCUT2D eigenvalue weighted by Gasteiger charge is 2.35. The van der Waals surface area contributed by atoms with Gasteiger partial charge in [0.15, 0.2) is 0 Å². The van der Waals surface area contributed by atoms with Gasteiger partial charge in [-0.15, -0.1) is 0 Å². The number of aromatic nitrogens is 1. The summed E-state index contributed by atoms with van der Waals surface area (Å²) >= 11 is 0. The summed E-state index contributed by atoms with van der Waals surface area (Å²) in [6.45, 7) is 0.402. The molecule has 0 aliphatic carbocycles. The average Bonchev–Trinajstić information content (AvgIpc) is 2.63. The fourth-order valence-corrected chi connectivity index (χ4v) is 2.56. The molecule has 0 aliphatic rings. The largest absolute Gasteiger partial charge is 0.419 e. The zero-order chi connectivity index (χ0) is 19.4. The molecule has 3 aromatic rings. The van der Waals surface area contributed by atoms with Crippen molar-refractivity contribution in [3.8, 4) is 0 Å². The Morgan fingerprint density at radius 2 is 1.63 bits per heavy atom. The number of pyridine rings is 1. The van der Waals surface area contributed by atoms with E-state index in [0.717, 1.165) is 17.7 Å². The molecule has 0 unspecified atom stereocenters. The van der Waals surface area contributed by atoms with E-state index in [4.69, 9.17) is 0 Å². The summed E-state index contributed by atoms with van der Waals surface area (Å²) in [5, 5.41) is 0. The molecule has 1 heterocycles. The number of benzene rings is 2. The number of amides is 1. The Labute approximate surface area is 152 Å². The minimum absolute atomic E-state index is 0.211. The molecule has 0 atom stereocenters. The number of rotatable bonds is 3. The van der Waals surface area contributed by atoms with E-state index in [-0.39, 0.29) is 5.49 Å². The second kappa shape index (κ2) is 7.57. The van der Waals surface area contributed by atoms with Crippen LogP contribution in [0.3, 0.4) is 0 Å². The van der Waals surface area contributed by atoms with Crippen LogP contribution >= 0.6 is 0 Å². The van der Waals surface area contributed by atoms with Gasteiger partial charge in [0.05, 0.1) is 11.1 Å². The average molecular weight is 374 g/mol. The number of nitrogens with zero attached hydrogens (tertiary/aromatic N) is 2. The second-order valence-corrected chi connectivity index (χ2v) is 5.75. The third kappa shape index (κ3) is 4.31. The van der Waals surface area contributed by atoms with E-state index >= 15 is 0 Å². The summed E-state index contributed by atoms with van der Waals surface area (Å²) in [6.07, 6.45) is -3.21. The minimum Gasteiger partial charge on any atom is -0.328 e. The van der Waals surface area contributed by atoms with E-state index in [1.807, 2.05) is 30.3 Å². The lowest BCUT2D eigenvalue weighted by Crippen LogP contribution is -2.22. The number of hydrogen-bond acceptors (Lipinski definition) is 1. The first kappa shape index (κ1) is 18.6. The Morgan fingerprint density at radius 3 is 2.33 bits per heavy atom. The number of hydrogen-bond donors (Lipinski definition) is 0. The molecule has 0 N–H and O–H groups in total. The molecule has 138 valence electrons. The van der Waals surface area contributed by atoms with Gasteiger partial charge in [-0.1, -0.05) is 42.5 Å². The maximum Gasteiger partial charge on any atom is 0.419 e. The monoisotopic (exact) mass is 374 g/mol. The van der Waals surface area contributed by atoms with Crippen LogP contribution in [0, 0.1) is 5.82 Å². The van der Waals surface area contributed by atoms with E-state index in [0.29, 0.717) is 12.6 Å². The van der Waals surface area contributed by atoms with Crippen LogP contribution in [0.5, 0.6) is 0 Å². The molecule has 3 rings (SSSR count). The fourth-order valence-electron chi connectivity index (χ4n) is 2.56. The van der Waals surface area contributed by atoms with Gasteiger partial charge in [-0.05, 0) is 29.8 Å². The molecule has 3 nitrogen and oxygen atoms in total. The quantitative estimate of drug-likeness (QED) is 0.625. The third-order valence-electron chi connectivity index (χ3n) is 3.86. The van der Waals surface area contributed by atoms with Gasteiger partial charge in [0, 0.05) is 12.7 Å². The van der Waals surface area contributed by atoms with Crippen LogP contribution < -0.4 is 5.49 Å². The third-order valence-corrected chi connectivity index (χ3v) is 3.86. The first-order chi connectivity index (χ1) is 12.9. The predicted molar refractivity (Wildman–Crippen MR) is 91.3 cm³/mol. The first-order valence-corrected chi connectivity index (χ1v) is 8.00.